The Morgan fingerprint density at radius 2 is 1.57 bits per heavy atom. The van der Waals surface area contributed by atoms with Crippen LogP contribution < -0.4 is 5.73 Å². The molecule has 0 radical (unpaired) electrons. The number of alkyl halides is 1. The van der Waals surface area contributed by atoms with Gasteiger partial charge in [0, 0.05) is 33.3 Å². The van der Waals surface area contributed by atoms with Crippen LogP contribution in [0, 0.1) is 0 Å². The van der Waals surface area contributed by atoms with E-state index in [4.69, 9.17) is 5.73 Å². The van der Waals surface area contributed by atoms with E-state index in [1.807, 2.05) is 0 Å². The van der Waals surface area contributed by atoms with Gasteiger partial charge in [0.1, 0.15) is 0 Å². The topological polar surface area (TPSA) is 60.2 Å². The van der Waals surface area contributed by atoms with Crippen molar-refractivity contribution in [2.45, 2.75) is 12.8 Å². The van der Waals surface area contributed by atoms with Crippen molar-refractivity contribution in [1.29, 1.82) is 0 Å². The van der Waals surface area contributed by atoms with Gasteiger partial charge in [-0.25, -0.2) is 0 Å². The Balaban J connectivity index is 2.23. The standard InChI is InChI=1S/C17H14BrNO2/c18-9-3-6-12-14(19)8-7-13-15(12)17(21)11-5-2-1-4-10(11)16(13)20/h1-2,4-5,7-8H,3,6,9,19H2. The van der Waals surface area contributed by atoms with Gasteiger partial charge in [0.05, 0.1) is 0 Å². The lowest BCUT2D eigenvalue weighted by Crippen LogP contribution is -2.23. The molecule has 1 aliphatic carbocycles. The first kappa shape index (κ1) is 14.0. The molecule has 2 N–H and O–H groups in total. The van der Waals surface area contributed by atoms with E-state index in [9.17, 15) is 9.59 Å². The first-order valence-corrected chi connectivity index (χ1v) is 7.93. The molecule has 0 aromatic heterocycles. The number of fused-ring (bicyclic) bond motifs is 2. The molecule has 0 heterocycles. The Labute approximate surface area is 131 Å². The van der Waals surface area contributed by atoms with E-state index >= 15 is 0 Å². The molecule has 1 aliphatic rings. The summed E-state index contributed by atoms with van der Waals surface area (Å²) in [6.45, 7) is 0. The molecular weight excluding hydrogens is 330 g/mol. The molecule has 3 nitrogen and oxygen atoms in total. The number of carbonyl (C=O) groups excluding carboxylic acids is 2. The van der Waals surface area contributed by atoms with Crippen molar-refractivity contribution in [3.63, 3.8) is 0 Å². The molecular formula is C17H14BrNO2. The largest absolute Gasteiger partial charge is 0.398 e. The SMILES string of the molecule is Nc1ccc2c(c1CCCBr)C(=O)c1ccccc1C2=O. The lowest BCUT2D eigenvalue weighted by atomic mass is 9.80. The Hall–Kier alpha value is -1.94. The summed E-state index contributed by atoms with van der Waals surface area (Å²) in [7, 11) is 0. The normalized spacial score (nSPS) is 13.0. The van der Waals surface area contributed by atoms with Crippen molar-refractivity contribution in [2.75, 3.05) is 11.1 Å². The second-order valence-corrected chi connectivity index (χ2v) is 5.85. The molecule has 4 heteroatoms. The zero-order valence-electron chi connectivity index (χ0n) is 11.4. The monoisotopic (exact) mass is 343 g/mol. The van der Waals surface area contributed by atoms with E-state index in [2.05, 4.69) is 15.9 Å². The maximum Gasteiger partial charge on any atom is 0.194 e. The van der Waals surface area contributed by atoms with Crippen LogP contribution in [-0.2, 0) is 6.42 Å². The number of benzene rings is 2. The number of carbonyl (C=O) groups is 2. The molecule has 0 saturated carbocycles. The third kappa shape index (κ3) is 2.20. The summed E-state index contributed by atoms with van der Waals surface area (Å²) in [5.74, 6) is -0.197. The first-order valence-electron chi connectivity index (χ1n) is 6.81. The van der Waals surface area contributed by atoms with E-state index in [-0.39, 0.29) is 11.6 Å². The zero-order chi connectivity index (χ0) is 15.0. The third-order valence-electron chi connectivity index (χ3n) is 3.80. The van der Waals surface area contributed by atoms with Crippen LogP contribution in [0.5, 0.6) is 0 Å². The molecule has 106 valence electrons. The molecule has 0 spiro atoms. The highest BCUT2D eigenvalue weighted by Crippen LogP contribution is 2.32. The summed E-state index contributed by atoms with van der Waals surface area (Å²) in [4.78, 5) is 25.4. The average Bonchev–Trinajstić information content (AvgIpc) is 2.51. The highest BCUT2D eigenvalue weighted by Gasteiger charge is 2.31. The number of hydrogen-bond donors (Lipinski definition) is 1. The van der Waals surface area contributed by atoms with Gasteiger partial charge in [-0.2, -0.15) is 0 Å². The van der Waals surface area contributed by atoms with Crippen LogP contribution in [0.15, 0.2) is 36.4 Å². The van der Waals surface area contributed by atoms with Gasteiger partial charge in [-0.1, -0.05) is 40.2 Å². The van der Waals surface area contributed by atoms with Gasteiger partial charge in [0.15, 0.2) is 11.6 Å². The molecule has 0 aliphatic heterocycles. The fourth-order valence-electron chi connectivity index (χ4n) is 2.78. The van der Waals surface area contributed by atoms with Crippen molar-refractivity contribution >= 4 is 33.2 Å². The van der Waals surface area contributed by atoms with Gasteiger partial charge in [-0.05, 0) is 30.5 Å². The lowest BCUT2D eigenvalue weighted by molar-refractivity contribution is 0.0978. The Morgan fingerprint density at radius 3 is 2.24 bits per heavy atom. The number of nitrogens with two attached hydrogens (primary N) is 1. The maximum absolute atomic E-state index is 12.8. The molecule has 2 aromatic carbocycles. The van der Waals surface area contributed by atoms with Crippen LogP contribution in [0.25, 0.3) is 0 Å². The number of ketones is 2. The van der Waals surface area contributed by atoms with Crippen LogP contribution in [0.4, 0.5) is 5.69 Å². The quantitative estimate of drug-likeness (QED) is 0.585. The second kappa shape index (κ2) is 5.45. The van der Waals surface area contributed by atoms with Crippen molar-refractivity contribution in [3.05, 3.63) is 64.2 Å². The molecule has 3 rings (SSSR count). The molecule has 0 saturated heterocycles. The van der Waals surface area contributed by atoms with Crippen LogP contribution in [-0.4, -0.2) is 16.9 Å². The van der Waals surface area contributed by atoms with Gasteiger partial charge in [-0.15, -0.1) is 0 Å². The second-order valence-electron chi connectivity index (χ2n) is 5.05. The summed E-state index contributed by atoms with van der Waals surface area (Å²) >= 11 is 3.39. The highest BCUT2D eigenvalue weighted by molar-refractivity contribution is 9.09. The molecule has 21 heavy (non-hydrogen) atoms. The summed E-state index contributed by atoms with van der Waals surface area (Å²) in [6.07, 6.45) is 1.55. The number of halogens is 1. The van der Waals surface area contributed by atoms with Crippen LogP contribution >= 0.6 is 15.9 Å². The minimum Gasteiger partial charge on any atom is -0.398 e. The van der Waals surface area contributed by atoms with Gasteiger partial charge in [0.2, 0.25) is 0 Å². The van der Waals surface area contributed by atoms with Crippen molar-refractivity contribution in [3.8, 4) is 0 Å². The van der Waals surface area contributed by atoms with Crippen LogP contribution in [0.1, 0.15) is 43.8 Å². The van der Waals surface area contributed by atoms with Gasteiger partial charge < -0.3 is 5.73 Å². The fourth-order valence-corrected chi connectivity index (χ4v) is 3.06. The Kier molecular flexibility index (Phi) is 3.64. The molecule has 0 fully saturated rings. The molecule has 2 aromatic rings. The fraction of sp³-hybridized carbons (Fsp3) is 0.176. The zero-order valence-corrected chi connectivity index (χ0v) is 12.9. The Bertz CT molecular complexity index is 752. The van der Waals surface area contributed by atoms with Crippen LogP contribution in [0.2, 0.25) is 0 Å². The van der Waals surface area contributed by atoms with Gasteiger partial charge >= 0.3 is 0 Å². The average molecular weight is 344 g/mol. The summed E-state index contributed by atoms with van der Waals surface area (Å²) < 4.78 is 0. The summed E-state index contributed by atoms with van der Waals surface area (Å²) in [5.41, 5.74) is 9.31. The van der Waals surface area contributed by atoms with Gasteiger partial charge in [0.25, 0.3) is 0 Å². The van der Waals surface area contributed by atoms with E-state index < -0.39 is 0 Å². The number of nitrogen functional groups attached to an aromatic ring is 1. The predicted molar refractivity (Wildman–Crippen MR) is 86.3 cm³/mol. The molecule has 0 bridgehead atoms. The van der Waals surface area contributed by atoms with E-state index in [1.165, 1.54) is 0 Å². The van der Waals surface area contributed by atoms with E-state index in [0.717, 1.165) is 17.3 Å². The maximum atomic E-state index is 12.8. The highest BCUT2D eigenvalue weighted by atomic mass is 79.9. The number of rotatable bonds is 3. The van der Waals surface area contributed by atoms with E-state index in [0.29, 0.717) is 34.4 Å². The first-order chi connectivity index (χ1) is 10.1. The number of anilines is 1. The third-order valence-corrected chi connectivity index (χ3v) is 4.36. The van der Waals surface area contributed by atoms with Crippen LogP contribution in [0.3, 0.4) is 0 Å². The summed E-state index contributed by atoms with van der Waals surface area (Å²) in [5, 5.41) is 0.828. The molecule has 0 amide bonds. The Morgan fingerprint density at radius 1 is 0.905 bits per heavy atom. The minimum atomic E-state index is -0.0999. The number of hydrogen-bond acceptors (Lipinski definition) is 3. The van der Waals surface area contributed by atoms with Gasteiger partial charge in [-0.3, -0.25) is 9.59 Å². The summed E-state index contributed by atoms with van der Waals surface area (Å²) in [6, 6.07) is 10.3. The van der Waals surface area contributed by atoms with Crippen molar-refractivity contribution < 1.29 is 9.59 Å². The minimum absolute atomic E-state index is 0.0970. The molecule has 0 atom stereocenters. The van der Waals surface area contributed by atoms with Crippen molar-refractivity contribution in [1.82, 2.24) is 0 Å². The molecule has 0 unspecified atom stereocenters. The van der Waals surface area contributed by atoms with E-state index in [1.54, 1.807) is 36.4 Å². The van der Waals surface area contributed by atoms with Crippen molar-refractivity contribution in [2.24, 2.45) is 0 Å². The smallest absolute Gasteiger partial charge is 0.194 e. The predicted octanol–water partition coefficient (Wildman–Crippen LogP) is 3.37. The lowest BCUT2D eigenvalue weighted by Gasteiger charge is -2.21.